The molecule has 3 aliphatic heterocycles. The molecule has 0 bridgehead atoms. The van der Waals surface area contributed by atoms with Crippen molar-refractivity contribution in [2.24, 2.45) is 11.8 Å². The quantitative estimate of drug-likeness (QED) is 0.485. The molecule has 3 amide bonds. The molecule has 1 N–H and O–H groups in total. The summed E-state index contributed by atoms with van der Waals surface area (Å²) in [5, 5.41) is 2.82. The van der Waals surface area contributed by atoms with Gasteiger partial charge in [-0.05, 0) is 59.7 Å². The highest BCUT2D eigenvalue weighted by molar-refractivity contribution is 6.24. The van der Waals surface area contributed by atoms with Crippen LogP contribution in [0.4, 0.5) is 24.5 Å². The van der Waals surface area contributed by atoms with E-state index in [1.54, 1.807) is 35.4 Å². The molecule has 0 saturated carbocycles. The van der Waals surface area contributed by atoms with Crippen LogP contribution in [0.3, 0.4) is 0 Å². The van der Waals surface area contributed by atoms with Gasteiger partial charge in [0.05, 0.1) is 36.2 Å². The second-order valence-corrected chi connectivity index (χ2v) is 9.61. The van der Waals surface area contributed by atoms with Gasteiger partial charge in [0.2, 0.25) is 17.7 Å². The van der Waals surface area contributed by atoms with Crippen LogP contribution >= 0.6 is 0 Å². The van der Waals surface area contributed by atoms with Crippen molar-refractivity contribution in [1.29, 1.82) is 0 Å². The smallest absolute Gasteiger partial charge is 0.416 e. The van der Waals surface area contributed by atoms with Gasteiger partial charge in [0, 0.05) is 11.9 Å². The number of ether oxygens (including phenoxy) is 1. The molecule has 10 heteroatoms. The van der Waals surface area contributed by atoms with Gasteiger partial charge < -0.3 is 15.0 Å². The highest BCUT2D eigenvalue weighted by atomic mass is 19.4. The van der Waals surface area contributed by atoms with Crippen LogP contribution in [-0.2, 0) is 20.6 Å². The zero-order valence-corrected chi connectivity index (χ0v) is 20.6. The second kappa shape index (κ2) is 9.00. The maximum atomic E-state index is 13.8. The van der Waals surface area contributed by atoms with Crippen molar-refractivity contribution in [3.63, 3.8) is 0 Å². The summed E-state index contributed by atoms with van der Waals surface area (Å²) in [6.07, 6.45) is -1.12. The third-order valence-corrected chi connectivity index (χ3v) is 7.52. The number of alkyl halides is 3. The van der Waals surface area contributed by atoms with E-state index in [1.807, 2.05) is 30.3 Å². The Balaban J connectivity index is 1.42. The SMILES string of the molecule is COc1ccc(NC(=O)C2C3C(=O)N(c4cccc(C(F)(F)F)c4)C(=O)C3C3c4ccccc4C=CN23)cc1. The van der Waals surface area contributed by atoms with Crippen LogP contribution in [0, 0.1) is 11.8 Å². The number of nitrogens with zero attached hydrogens (tertiary/aromatic N) is 2. The number of amides is 3. The van der Waals surface area contributed by atoms with Gasteiger partial charge in [-0.1, -0.05) is 30.3 Å². The number of benzene rings is 3. The van der Waals surface area contributed by atoms with Crippen LogP contribution in [0.25, 0.3) is 6.08 Å². The molecule has 7 nitrogen and oxygen atoms in total. The number of carbonyl (C=O) groups is 3. The van der Waals surface area contributed by atoms with Gasteiger partial charge in [-0.25, -0.2) is 4.90 Å². The number of hydrogen-bond donors (Lipinski definition) is 1. The number of nitrogens with one attached hydrogen (secondary N) is 1. The summed E-state index contributed by atoms with van der Waals surface area (Å²) < 4.78 is 45.4. The topological polar surface area (TPSA) is 79.0 Å². The van der Waals surface area contributed by atoms with E-state index in [-0.39, 0.29) is 5.69 Å². The van der Waals surface area contributed by atoms with E-state index in [0.717, 1.165) is 34.2 Å². The number of imide groups is 1. The van der Waals surface area contributed by atoms with Crippen LogP contribution in [0.1, 0.15) is 22.7 Å². The van der Waals surface area contributed by atoms with Crippen molar-refractivity contribution in [2.75, 3.05) is 17.3 Å². The monoisotopic (exact) mass is 533 g/mol. The predicted molar refractivity (Wildman–Crippen MR) is 136 cm³/mol. The molecule has 2 saturated heterocycles. The first-order chi connectivity index (χ1) is 18.7. The number of methoxy groups -OCH3 is 1. The predicted octanol–water partition coefficient (Wildman–Crippen LogP) is 4.87. The van der Waals surface area contributed by atoms with E-state index >= 15 is 0 Å². The fourth-order valence-electron chi connectivity index (χ4n) is 5.82. The van der Waals surface area contributed by atoms with E-state index in [2.05, 4.69) is 5.32 Å². The second-order valence-electron chi connectivity index (χ2n) is 9.61. The maximum Gasteiger partial charge on any atom is 0.416 e. The minimum absolute atomic E-state index is 0.172. The minimum atomic E-state index is -4.65. The van der Waals surface area contributed by atoms with Crippen LogP contribution in [-0.4, -0.2) is 35.8 Å². The van der Waals surface area contributed by atoms with Crippen LogP contribution < -0.4 is 15.0 Å². The minimum Gasteiger partial charge on any atom is -0.497 e. The lowest BCUT2D eigenvalue weighted by Crippen LogP contribution is -2.46. The van der Waals surface area contributed by atoms with Crippen molar-refractivity contribution in [3.8, 4) is 5.75 Å². The first-order valence-corrected chi connectivity index (χ1v) is 12.2. The Morgan fingerprint density at radius 1 is 0.923 bits per heavy atom. The average molecular weight is 534 g/mol. The molecule has 3 aromatic rings. The molecule has 0 spiro atoms. The average Bonchev–Trinajstić information content (AvgIpc) is 3.41. The lowest BCUT2D eigenvalue weighted by Gasteiger charge is -2.35. The Hall–Kier alpha value is -4.60. The van der Waals surface area contributed by atoms with E-state index in [9.17, 15) is 27.6 Å². The van der Waals surface area contributed by atoms with E-state index < -0.39 is 53.4 Å². The summed E-state index contributed by atoms with van der Waals surface area (Å²) in [7, 11) is 1.52. The van der Waals surface area contributed by atoms with Gasteiger partial charge in [0.1, 0.15) is 11.8 Å². The van der Waals surface area contributed by atoms with Gasteiger partial charge in [-0.2, -0.15) is 13.2 Å². The number of anilines is 2. The van der Waals surface area contributed by atoms with Gasteiger partial charge in [0.15, 0.2) is 0 Å². The molecule has 0 radical (unpaired) electrons. The van der Waals surface area contributed by atoms with E-state index in [4.69, 9.17) is 4.74 Å². The first kappa shape index (κ1) is 24.7. The van der Waals surface area contributed by atoms with Gasteiger partial charge in [0.25, 0.3) is 0 Å². The fourth-order valence-corrected chi connectivity index (χ4v) is 5.82. The number of halogens is 3. The molecule has 6 rings (SSSR count). The van der Waals surface area contributed by atoms with E-state index in [1.165, 1.54) is 13.2 Å². The lowest BCUT2D eigenvalue weighted by molar-refractivity contribution is -0.137. The summed E-state index contributed by atoms with van der Waals surface area (Å²) in [4.78, 5) is 43.9. The van der Waals surface area contributed by atoms with Gasteiger partial charge in [-0.15, -0.1) is 0 Å². The number of fused-ring (bicyclic) bond motifs is 5. The van der Waals surface area contributed by atoms with Crippen LogP contribution in [0.2, 0.25) is 0 Å². The Labute approximate surface area is 221 Å². The molecule has 0 aliphatic carbocycles. The number of carbonyl (C=O) groups excluding carboxylic acids is 3. The Morgan fingerprint density at radius 3 is 2.36 bits per heavy atom. The normalized spacial score (nSPS) is 23.4. The Kier molecular flexibility index (Phi) is 5.71. The Bertz CT molecular complexity index is 1520. The molecule has 39 heavy (non-hydrogen) atoms. The number of rotatable bonds is 4. The van der Waals surface area contributed by atoms with Crippen molar-refractivity contribution in [3.05, 3.63) is 95.7 Å². The molecular weight excluding hydrogens is 511 g/mol. The summed E-state index contributed by atoms with van der Waals surface area (Å²) in [5.41, 5.74) is 0.927. The summed E-state index contributed by atoms with van der Waals surface area (Å²) in [5.74, 6) is -3.33. The molecule has 3 aromatic carbocycles. The summed E-state index contributed by atoms with van der Waals surface area (Å²) in [6.45, 7) is 0. The zero-order chi connectivity index (χ0) is 27.5. The molecule has 198 valence electrons. The lowest BCUT2D eigenvalue weighted by atomic mass is 9.84. The molecule has 0 aromatic heterocycles. The van der Waals surface area contributed by atoms with Crippen molar-refractivity contribution in [2.45, 2.75) is 18.3 Å². The standard InChI is InChI=1S/C29H22F3N3O4/c1-39-20-11-9-18(10-12-20)33-26(36)25-23-22(24-21-8-3-2-5-16(21)13-14-34(24)25)27(37)35(28(23)38)19-7-4-6-17(15-19)29(30,31)32/h2-15,22-25H,1H3,(H,33,36). The highest BCUT2D eigenvalue weighted by Crippen LogP contribution is 2.53. The molecule has 4 atom stereocenters. The molecule has 4 unspecified atom stereocenters. The van der Waals surface area contributed by atoms with E-state index in [0.29, 0.717) is 11.4 Å². The third kappa shape index (κ3) is 3.94. The summed E-state index contributed by atoms with van der Waals surface area (Å²) >= 11 is 0. The largest absolute Gasteiger partial charge is 0.497 e. The van der Waals surface area contributed by atoms with Crippen LogP contribution in [0.5, 0.6) is 5.75 Å². The zero-order valence-electron chi connectivity index (χ0n) is 20.6. The maximum absolute atomic E-state index is 13.8. The molecular formula is C29H22F3N3O4. The fraction of sp³-hybridized carbons (Fsp3) is 0.207. The van der Waals surface area contributed by atoms with Crippen molar-refractivity contribution < 1.29 is 32.3 Å². The number of hydrogen-bond acceptors (Lipinski definition) is 5. The third-order valence-electron chi connectivity index (χ3n) is 7.52. The Morgan fingerprint density at radius 2 is 1.64 bits per heavy atom. The molecule has 3 heterocycles. The molecule has 3 aliphatic rings. The first-order valence-electron chi connectivity index (χ1n) is 12.2. The molecule has 2 fully saturated rings. The van der Waals surface area contributed by atoms with Crippen LogP contribution in [0.15, 0.2) is 79.0 Å². The van der Waals surface area contributed by atoms with Crippen molar-refractivity contribution >= 4 is 35.2 Å². The van der Waals surface area contributed by atoms with Gasteiger partial charge in [-0.3, -0.25) is 14.4 Å². The van der Waals surface area contributed by atoms with Gasteiger partial charge >= 0.3 is 6.18 Å². The summed E-state index contributed by atoms with van der Waals surface area (Å²) in [6, 6.07) is 16.4. The highest BCUT2D eigenvalue weighted by Gasteiger charge is 2.64. The van der Waals surface area contributed by atoms with Crippen molar-refractivity contribution in [1.82, 2.24) is 4.90 Å².